The number of hydrogen-bond acceptors (Lipinski definition) is 2. The van der Waals surface area contributed by atoms with Gasteiger partial charge in [0, 0.05) is 0 Å². The highest BCUT2D eigenvalue weighted by atomic mass is 19.4. The topological polar surface area (TPSA) is 44.0 Å². The van der Waals surface area contributed by atoms with E-state index in [9.17, 15) is 13.2 Å². The van der Waals surface area contributed by atoms with E-state index in [0.29, 0.717) is 0 Å². The molecule has 80 valence electrons. The van der Waals surface area contributed by atoms with Gasteiger partial charge in [0.05, 0.1) is 23.8 Å². The van der Waals surface area contributed by atoms with Gasteiger partial charge in [-0.15, -0.1) is 0 Å². The predicted molar refractivity (Wildman–Crippen MR) is 46.8 cm³/mol. The second kappa shape index (κ2) is 3.91. The molecule has 0 radical (unpaired) electrons. The highest BCUT2D eigenvalue weighted by Gasteiger charge is 2.36. The Morgan fingerprint density at radius 3 is 2.40 bits per heavy atom. The molecule has 0 unspecified atom stereocenters. The third-order valence-electron chi connectivity index (χ3n) is 2.15. The first-order valence-electron chi connectivity index (χ1n) is 4.12. The maximum absolute atomic E-state index is 12.6. The van der Waals surface area contributed by atoms with Crippen molar-refractivity contribution in [3.05, 3.63) is 34.4 Å². The Bertz CT molecular complexity index is 418. The molecular weight excluding hydrogens is 207 g/mol. The number of aliphatic hydroxyl groups is 1. The molecule has 0 aliphatic carbocycles. The molecule has 0 saturated heterocycles. The van der Waals surface area contributed by atoms with Crippen molar-refractivity contribution >= 4 is 0 Å². The zero-order chi connectivity index (χ0) is 11.6. The smallest absolute Gasteiger partial charge is 0.392 e. The van der Waals surface area contributed by atoms with Crippen LogP contribution >= 0.6 is 0 Å². The van der Waals surface area contributed by atoms with Crippen molar-refractivity contribution in [2.45, 2.75) is 19.7 Å². The van der Waals surface area contributed by atoms with Crippen molar-refractivity contribution in [1.82, 2.24) is 0 Å². The van der Waals surface area contributed by atoms with Crippen LogP contribution in [0.5, 0.6) is 0 Å². The molecular formula is C10H8F3NO. The van der Waals surface area contributed by atoms with Crippen molar-refractivity contribution in [2.24, 2.45) is 0 Å². The minimum Gasteiger partial charge on any atom is -0.392 e. The maximum Gasteiger partial charge on any atom is 0.417 e. The van der Waals surface area contributed by atoms with Crippen LogP contribution in [0.3, 0.4) is 0 Å². The molecule has 0 aliphatic heterocycles. The molecule has 0 saturated carbocycles. The lowest BCUT2D eigenvalue weighted by molar-refractivity contribution is -0.138. The standard InChI is InChI=1S/C10H8F3NO/c1-6-8(5-15)3-2-7(4-14)9(6)10(11,12)13/h2-3,15H,5H2,1H3. The van der Waals surface area contributed by atoms with E-state index in [2.05, 4.69) is 0 Å². The van der Waals surface area contributed by atoms with Gasteiger partial charge in [-0.3, -0.25) is 0 Å². The fraction of sp³-hybridized carbons (Fsp3) is 0.300. The normalized spacial score (nSPS) is 11.2. The second-order valence-electron chi connectivity index (χ2n) is 3.04. The fourth-order valence-electron chi connectivity index (χ4n) is 1.38. The van der Waals surface area contributed by atoms with Crippen molar-refractivity contribution in [3.63, 3.8) is 0 Å². The Morgan fingerprint density at radius 1 is 1.40 bits per heavy atom. The zero-order valence-corrected chi connectivity index (χ0v) is 7.89. The van der Waals surface area contributed by atoms with Crippen LogP contribution in [0.4, 0.5) is 13.2 Å². The molecule has 15 heavy (non-hydrogen) atoms. The van der Waals surface area contributed by atoms with E-state index in [0.717, 1.165) is 6.07 Å². The SMILES string of the molecule is Cc1c(CO)ccc(C#N)c1C(F)(F)F. The molecule has 1 N–H and O–H groups in total. The number of rotatable bonds is 1. The molecule has 0 aliphatic rings. The van der Waals surface area contributed by atoms with E-state index < -0.39 is 23.9 Å². The molecule has 0 fully saturated rings. The van der Waals surface area contributed by atoms with E-state index in [1.165, 1.54) is 19.1 Å². The Labute approximate surface area is 84.6 Å². The highest BCUT2D eigenvalue weighted by molar-refractivity contribution is 5.47. The average molecular weight is 215 g/mol. The van der Waals surface area contributed by atoms with Gasteiger partial charge in [-0.25, -0.2) is 0 Å². The van der Waals surface area contributed by atoms with E-state index >= 15 is 0 Å². The zero-order valence-electron chi connectivity index (χ0n) is 7.89. The molecule has 2 nitrogen and oxygen atoms in total. The minimum absolute atomic E-state index is 0.0935. The highest BCUT2D eigenvalue weighted by Crippen LogP contribution is 2.35. The third-order valence-corrected chi connectivity index (χ3v) is 2.15. The molecule has 0 atom stereocenters. The van der Waals surface area contributed by atoms with Crippen LogP contribution < -0.4 is 0 Å². The monoisotopic (exact) mass is 215 g/mol. The third kappa shape index (κ3) is 2.10. The number of halogens is 3. The van der Waals surface area contributed by atoms with Crippen molar-refractivity contribution in [1.29, 1.82) is 5.26 Å². The minimum atomic E-state index is -4.57. The Hall–Kier alpha value is -1.54. The Balaban J connectivity index is 3.52. The summed E-state index contributed by atoms with van der Waals surface area (Å²) in [4.78, 5) is 0. The number of alkyl halides is 3. The van der Waals surface area contributed by atoms with Gasteiger partial charge in [-0.05, 0) is 24.1 Å². The number of aliphatic hydroxyl groups excluding tert-OH is 1. The summed E-state index contributed by atoms with van der Waals surface area (Å²) in [6, 6.07) is 3.89. The number of benzene rings is 1. The van der Waals surface area contributed by atoms with E-state index in [-0.39, 0.29) is 11.1 Å². The number of nitrogens with zero attached hydrogens (tertiary/aromatic N) is 1. The quantitative estimate of drug-likeness (QED) is 0.781. The maximum atomic E-state index is 12.6. The first-order chi connectivity index (χ1) is 6.91. The van der Waals surface area contributed by atoms with Crippen LogP contribution in [0.25, 0.3) is 0 Å². The van der Waals surface area contributed by atoms with Gasteiger partial charge in [0.25, 0.3) is 0 Å². The van der Waals surface area contributed by atoms with Crippen molar-refractivity contribution in [2.75, 3.05) is 0 Å². The largest absolute Gasteiger partial charge is 0.417 e. The summed E-state index contributed by atoms with van der Waals surface area (Å²) >= 11 is 0. The lowest BCUT2D eigenvalue weighted by Gasteiger charge is -2.14. The molecule has 0 spiro atoms. The van der Waals surface area contributed by atoms with Crippen LogP contribution in [0.15, 0.2) is 12.1 Å². The van der Waals surface area contributed by atoms with Gasteiger partial charge >= 0.3 is 6.18 Å². The van der Waals surface area contributed by atoms with Crippen molar-refractivity contribution in [3.8, 4) is 6.07 Å². The van der Waals surface area contributed by atoms with Crippen LogP contribution in [0.1, 0.15) is 22.3 Å². The van der Waals surface area contributed by atoms with Crippen molar-refractivity contribution < 1.29 is 18.3 Å². The lowest BCUT2D eigenvalue weighted by Crippen LogP contribution is -2.12. The summed E-state index contributed by atoms with van der Waals surface area (Å²) in [5.41, 5.74) is -1.29. The van der Waals surface area contributed by atoms with E-state index in [4.69, 9.17) is 10.4 Å². The molecule has 0 aromatic heterocycles. The molecule has 5 heteroatoms. The Kier molecular flexibility index (Phi) is 3.01. The second-order valence-corrected chi connectivity index (χ2v) is 3.04. The average Bonchev–Trinajstić information content (AvgIpc) is 2.15. The molecule has 0 bridgehead atoms. The molecule has 0 amide bonds. The summed E-state index contributed by atoms with van der Waals surface area (Å²) in [5.74, 6) is 0. The van der Waals surface area contributed by atoms with Gasteiger partial charge in [0.2, 0.25) is 0 Å². The lowest BCUT2D eigenvalue weighted by atomic mass is 9.97. The van der Waals surface area contributed by atoms with E-state index in [1.54, 1.807) is 0 Å². The van der Waals surface area contributed by atoms with Crippen LogP contribution in [0, 0.1) is 18.3 Å². The molecule has 1 rings (SSSR count). The predicted octanol–water partition coefficient (Wildman–Crippen LogP) is 2.38. The first kappa shape index (κ1) is 11.5. The molecule has 1 aromatic carbocycles. The molecule has 0 heterocycles. The summed E-state index contributed by atoms with van der Waals surface area (Å²) in [6.45, 7) is 0.774. The van der Waals surface area contributed by atoms with Gasteiger partial charge in [-0.1, -0.05) is 6.07 Å². The number of hydrogen-bond donors (Lipinski definition) is 1. The summed E-state index contributed by atoms with van der Waals surface area (Å²) in [7, 11) is 0. The Morgan fingerprint density at radius 2 is 2.00 bits per heavy atom. The van der Waals surface area contributed by atoms with Gasteiger partial charge in [0.1, 0.15) is 0 Å². The number of nitriles is 1. The fourth-order valence-corrected chi connectivity index (χ4v) is 1.38. The first-order valence-corrected chi connectivity index (χ1v) is 4.12. The van der Waals surface area contributed by atoms with Crippen LogP contribution in [-0.4, -0.2) is 5.11 Å². The van der Waals surface area contributed by atoms with E-state index in [1.807, 2.05) is 0 Å². The summed E-state index contributed by atoms with van der Waals surface area (Å²) in [6.07, 6.45) is -4.57. The van der Waals surface area contributed by atoms with Crippen LogP contribution in [0.2, 0.25) is 0 Å². The van der Waals surface area contributed by atoms with Gasteiger partial charge in [-0.2, -0.15) is 18.4 Å². The summed E-state index contributed by atoms with van der Waals surface area (Å²) < 4.78 is 37.7. The van der Waals surface area contributed by atoms with Gasteiger partial charge in [0.15, 0.2) is 0 Å². The molecule has 1 aromatic rings. The summed E-state index contributed by atoms with van der Waals surface area (Å²) in [5, 5.41) is 17.4. The van der Waals surface area contributed by atoms with Gasteiger partial charge < -0.3 is 5.11 Å². The van der Waals surface area contributed by atoms with Crippen LogP contribution in [-0.2, 0) is 12.8 Å².